The molecule has 132 valence electrons. The molecule has 0 bridgehead atoms. The van der Waals surface area contributed by atoms with E-state index in [-0.39, 0.29) is 11.3 Å². The average molecular weight is 338 g/mol. The Morgan fingerprint density at radius 2 is 1.84 bits per heavy atom. The van der Waals surface area contributed by atoms with Crippen LogP contribution in [-0.2, 0) is 5.41 Å². The predicted molar refractivity (Wildman–Crippen MR) is 98.7 cm³/mol. The first-order chi connectivity index (χ1) is 12.0. The maximum atomic E-state index is 12.6. The van der Waals surface area contributed by atoms with Crippen molar-refractivity contribution in [3.8, 4) is 0 Å². The molecule has 1 aliphatic rings. The molecule has 0 saturated carbocycles. The fourth-order valence-corrected chi connectivity index (χ4v) is 3.58. The fourth-order valence-electron chi connectivity index (χ4n) is 3.58. The van der Waals surface area contributed by atoms with Crippen molar-refractivity contribution in [2.75, 3.05) is 26.7 Å². The summed E-state index contributed by atoms with van der Waals surface area (Å²) in [6.45, 7) is 6.40. The Balaban J connectivity index is 1.78. The Labute approximate surface area is 149 Å². The number of carbonyl (C=O) groups excluding carboxylic acids is 1. The molecule has 0 aliphatic carbocycles. The number of likely N-dealkylation sites (tertiary alicyclic amines) is 1. The number of aromatic nitrogens is 2. The maximum Gasteiger partial charge on any atom is 0.270 e. The SMILES string of the molecule is Cc1cc(C(=O)NCC2(c3ccccc3)CCN(C)CC2)nc(C)n1. The number of benzene rings is 1. The second-order valence-electron chi connectivity index (χ2n) is 7.07. The highest BCUT2D eigenvalue weighted by Gasteiger charge is 2.35. The molecule has 1 aromatic heterocycles. The van der Waals surface area contributed by atoms with Gasteiger partial charge in [-0.05, 0) is 58.5 Å². The minimum absolute atomic E-state index is 0.0133. The Morgan fingerprint density at radius 3 is 2.48 bits per heavy atom. The third-order valence-corrected chi connectivity index (χ3v) is 5.12. The van der Waals surface area contributed by atoms with Gasteiger partial charge in [0.25, 0.3) is 5.91 Å². The number of hydrogen-bond donors (Lipinski definition) is 1. The van der Waals surface area contributed by atoms with E-state index in [2.05, 4.69) is 51.5 Å². The van der Waals surface area contributed by atoms with E-state index in [9.17, 15) is 4.79 Å². The molecule has 2 heterocycles. The summed E-state index contributed by atoms with van der Waals surface area (Å²) in [5.41, 5.74) is 2.55. The summed E-state index contributed by atoms with van der Waals surface area (Å²) in [4.78, 5) is 23.5. The molecule has 0 spiro atoms. The first-order valence-electron chi connectivity index (χ1n) is 8.83. The Kier molecular flexibility index (Phi) is 5.13. The molecule has 1 aromatic carbocycles. The van der Waals surface area contributed by atoms with Gasteiger partial charge in [0.15, 0.2) is 0 Å². The van der Waals surface area contributed by atoms with Crippen molar-refractivity contribution in [2.45, 2.75) is 32.1 Å². The lowest BCUT2D eigenvalue weighted by molar-refractivity contribution is 0.0922. The van der Waals surface area contributed by atoms with Crippen molar-refractivity contribution in [2.24, 2.45) is 0 Å². The number of nitrogens with zero attached hydrogens (tertiary/aromatic N) is 3. The van der Waals surface area contributed by atoms with Crippen molar-refractivity contribution >= 4 is 5.91 Å². The van der Waals surface area contributed by atoms with E-state index in [1.165, 1.54) is 5.56 Å². The van der Waals surface area contributed by atoms with Gasteiger partial charge in [0.05, 0.1) is 0 Å². The number of aryl methyl sites for hydroxylation is 2. The van der Waals surface area contributed by atoms with Crippen molar-refractivity contribution in [1.82, 2.24) is 20.2 Å². The second-order valence-corrected chi connectivity index (χ2v) is 7.07. The Hall–Kier alpha value is -2.27. The summed E-state index contributed by atoms with van der Waals surface area (Å²) in [7, 11) is 2.15. The zero-order valence-electron chi connectivity index (χ0n) is 15.2. The highest BCUT2D eigenvalue weighted by atomic mass is 16.1. The summed E-state index contributed by atoms with van der Waals surface area (Å²) in [5.74, 6) is 0.505. The van der Waals surface area contributed by atoms with E-state index in [0.29, 0.717) is 18.1 Å². The first kappa shape index (κ1) is 17.5. The van der Waals surface area contributed by atoms with Crippen LogP contribution in [0.4, 0.5) is 0 Å². The number of piperidine rings is 1. The number of nitrogens with one attached hydrogen (secondary N) is 1. The predicted octanol–water partition coefficient (Wildman–Crippen LogP) is 2.49. The molecule has 1 fully saturated rings. The van der Waals surface area contributed by atoms with E-state index in [1.54, 1.807) is 6.07 Å². The van der Waals surface area contributed by atoms with Gasteiger partial charge in [-0.1, -0.05) is 30.3 Å². The molecule has 5 nitrogen and oxygen atoms in total. The lowest BCUT2D eigenvalue weighted by Gasteiger charge is -2.41. The van der Waals surface area contributed by atoms with Gasteiger partial charge in [-0.2, -0.15) is 0 Å². The van der Waals surface area contributed by atoms with E-state index >= 15 is 0 Å². The van der Waals surface area contributed by atoms with Crippen LogP contribution in [0.15, 0.2) is 36.4 Å². The van der Waals surface area contributed by atoms with Gasteiger partial charge in [0.1, 0.15) is 11.5 Å². The minimum Gasteiger partial charge on any atom is -0.350 e. The van der Waals surface area contributed by atoms with Crippen molar-refractivity contribution in [1.29, 1.82) is 0 Å². The molecule has 0 unspecified atom stereocenters. The van der Waals surface area contributed by atoms with Crippen LogP contribution in [0.2, 0.25) is 0 Å². The second kappa shape index (κ2) is 7.31. The van der Waals surface area contributed by atoms with E-state index in [1.807, 2.05) is 19.9 Å². The van der Waals surface area contributed by atoms with Gasteiger partial charge in [0.2, 0.25) is 0 Å². The summed E-state index contributed by atoms with van der Waals surface area (Å²) in [6.07, 6.45) is 2.07. The normalized spacial score (nSPS) is 17.2. The molecule has 1 aliphatic heterocycles. The molecule has 0 atom stereocenters. The quantitative estimate of drug-likeness (QED) is 0.930. The van der Waals surface area contributed by atoms with E-state index < -0.39 is 0 Å². The van der Waals surface area contributed by atoms with E-state index in [4.69, 9.17) is 0 Å². The van der Waals surface area contributed by atoms with Crippen LogP contribution < -0.4 is 5.32 Å². The summed E-state index contributed by atoms with van der Waals surface area (Å²) >= 11 is 0. The molecule has 3 rings (SSSR count). The van der Waals surface area contributed by atoms with Crippen molar-refractivity contribution in [3.63, 3.8) is 0 Å². The highest BCUT2D eigenvalue weighted by Crippen LogP contribution is 2.34. The zero-order valence-corrected chi connectivity index (χ0v) is 15.2. The third kappa shape index (κ3) is 4.04. The van der Waals surface area contributed by atoms with E-state index in [0.717, 1.165) is 31.6 Å². The third-order valence-electron chi connectivity index (χ3n) is 5.12. The van der Waals surface area contributed by atoms with Crippen LogP contribution in [0.25, 0.3) is 0 Å². The Morgan fingerprint density at radius 1 is 1.16 bits per heavy atom. The zero-order chi connectivity index (χ0) is 17.9. The van der Waals surface area contributed by atoms with Gasteiger partial charge in [-0.25, -0.2) is 9.97 Å². The van der Waals surface area contributed by atoms with Crippen molar-refractivity contribution in [3.05, 3.63) is 59.2 Å². The summed E-state index contributed by atoms with van der Waals surface area (Å²) in [5, 5.41) is 3.13. The molecular weight excluding hydrogens is 312 g/mol. The van der Waals surface area contributed by atoms with Crippen LogP contribution in [0, 0.1) is 13.8 Å². The maximum absolute atomic E-state index is 12.6. The monoisotopic (exact) mass is 338 g/mol. The summed E-state index contributed by atoms with van der Waals surface area (Å²) in [6, 6.07) is 12.3. The lowest BCUT2D eigenvalue weighted by atomic mass is 9.72. The smallest absolute Gasteiger partial charge is 0.270 e. The van der Waals surface area contributed by atoms with Gasteiger partial charge < -0.3 is 10.2 Å². The van der Waals surface area contributed by atoms with Crippen LogP contribution in [-0.4, -0.2) is 47.5 Å². The van der Waals surface area contributed by atoms with Crippen molar-refractivity contribution < 1.29 is 4.79 Å². The Bertz CT molecular complexity index is 716. The minimum atomic E-state index is -0.122. The fraction of sp³-hybridized carbons (Fsp3) is 0.450. The standard InChI is InChI=1S/C20H26N4O/c1-15-13-18(23-16(2)22-15)19(25)21-14-20(9-11-24(3)12-10-20)17-7-5-4-6-8-17/h4-8,13H,9-12,14H2,1-3H3,(H,21,25). The molecule has 5 heteroatoms. The first-order valence-corrected chi connectivity index (χ1v) is 8.83. The lowest BCUT2D eigenvalue weighted by Crippen LogP contribution is -2.48. The number of rotatable bonds is 4. The average Bonchev–Trinajstić information content (AvgIpc) is 2.61. The topological polar surface area (TPSA) is 58.1 Å². The van der Waals surface area contributed by atoms with Crippen LogP contribution in [0.3, 0.4) is 0 Å². The van der Waals surface area contributed by atoms with Gasteiger partial charge in [-0.15, -0.1) is 0 Å². The molecule has 0 radical (unpaired) electrons. The van der Waals surface area contributed by atoms with Crippen LogP contribution >= 0.6 is 0 Å². The molecular formula is C20H26N4O. The summed E-state index contributed by atoms with van der Waals surface area (Å²) < 4.78 is 0. The molecule has 1 N–H and O–H groups in total. The highest BCUT2D eigenvalue weighted by molar-refractivity contribution is 5.92. The molecule has 1 amide bonds. The van der Waals surface area contributed by atoms with Crippen LogP contribution in [0.5, 0.6) is 0 Å². The van der Waals surface area contributed by atoms with Gasteiger partial charge in [0, 0.05) is 17.7 Å². The molecule has 2 aromatic rings. The van der Waals surface area contributed by atoms with Gasteiger partial charge in [-0.3, -0.25) is 4.79 Å². The number of carbonyl (C=O) groups is 1. The number of amides is 1. The largest absolute Gasteiger partial charge is 0.350 e. The molecule has 1 saturated heterocycles. The van der Waals surface area contributed by atoms with Crippen LogP contribution in [0.1, 0.15) is 40.4 Å². The molecule has 25 heavy (non-hydrogen) atoms. The number of hydrogen-bond acceptors (Lipinski definition) is 4. The van der Waals surface area contributed by atoms with Gasteiger partial charge >= 0.3 is 0 Å².